The van der Waals surface area contributed by atoms with Gasteiger partial charge in [0.15, 0.2) is 16.3 Å². The van der Waals surface area contributed by atoms with E-state index in [0.717, 1.165) is 22.6 Å². The smallest absolute Gasteiger partial charge is 0.338 e. The molecule has 2 aromatic heterocycles. The van der Waals surface area contributed by atoms with Crippen molar-refractivity contribution in [3.8, 4) is 17.2 Å². The summed E-state index contributed by atoms with van der Waals surface area (Å²) in [5.74, 6) is 0.322. The minimum absolute atomic E-state index is 0.109. The van der Waals surface area contributed by atoms with Gasteiger partial charge in [-0.15, -0.1) is 0 Å². The van der Waals surface area contributed by atoms with Gasteiger partial charge in [-0.1, -0.05) is 17.4 Å². The van der Waals surface area contributed by atoms with Gasteiger partial charge in [-0.25, -0.2) is 14.2 Å². The summed E-state index contributed by atoms with van der Waals surface area (Å²) in [7, 11) is 0. The number of benzene rings is 2. The number of halogens is 1. The first-order valence-electron chi connectivity index (χ1n) is 12.8. The number of hydrogen-bond donors (Lipinski definition) is 0. The Kier molecular flexibility index (Phi) is 6.42. The summed E-state index contributed by atoms with van der Waals surface area (Å²) in [6, 6.07) is 12.9. The van der Waals surface area contributed by atoms with E-state index in [1.807, 2.05) is 36.6 Å². The molecule has 4 aromatic rings. The van der Waals surface area contributed by atoms with E-state index in [1.165, 1.54) is 23.5 Å². The molecular weight excluding hydrogens is 533 g/mol. The second-order valence-electron chi connectivity index (χ2n) is 9.55. The topological polar surface area (TPSA) is 84.1 Å². The molecule has 6 rings (SSSR count). The molecule has 2 aliphatic rings. The van der Waals surface area contributed by atoms with E-state index in [0.29, 0.717) is 37.7 Å². The molecule has 2 aromatic carbocycles. The quantitative estimate of drug-likeness (QED) is 0.344. The highest BCUT2D eigenvalue weighted by atomic mass is 32.1. The molecular formula is C30H26FN3O5S. The Morgan fingerprint density at radius 1 is 1.12 bits per heavy atom. The van der Waals surface area contributed by atoms with Crippen molar-refractivity contribution in [2.45, 2.75) is 33.7 Å². The predicted molar refractivity (Wildman–Crippen MR) is 148 cm³/mol. The van der Waals surface area contributed by atoms with Crippen LogP contribution >= 0.6 is 11.3 Å². The van der Waals surface area contributed by atoms with E-state index in [1.54, 1.807) is 42.7 Å². The number of aromatic nitrogens is 2. The lowest BCUT2D eigenvalue weighted by molar-refractivity contribution is -0.139. The van der Waals surface area contributed by atoms with E-state index in [9.17, 15) is 14.0 Å². The molecule has 0 saturated carbocycles. The number of aryl methyl sites for hydroxylation is 1. The molecule has 4 heterocycles. The van der Waals surface area contributed by atoms with Gasteiger partial charge in [0.05, 0.1) is 28.5 Å². The van der Waals surface area contributed by atoms with Crippen molar-refractivity contribution in [1.29, 1.82) is 0 Å². The summed E-state index contributed by atoms with van der Waals surface area (Å²) >= 11 is 1.26. The normalized spacial score (nSPS) is 16.2. The molecule has 0 bridgehead atoms. The molecule has 40 heavy (non-hydrogen) atoms. The zero-order valence-corrected chi connectivity index (χ0v) is 23.2. The summed E-state index contributed by atoms with van der Waals surface area (Å²) in [5, 5.41) is 0. The minimum Gasteiger partial charge on any atom is -0.463 e. The van der Waals surface area contributed by atoms with Gasteiger partial charge in [-0.3, -0.25) is 9.36 Å². The van der Waals surface area contributed by atoms with Crippen molar-refractivity contribution < 1.29 is 23.4 Å². The number of carbonyl (C=O) groups excluding carboxylic acids is 1. The highest BCUT2D eigenvalue weighted by molar-refractivity contribution is 7.07. The van der Waals surface area contributed by atoms with Crippen molar-refractivity contribution in [3.63, 3.8) is 0 Å². The highest BCUT2D eigenvalue weighted by Gasteiger charge is 2.34. The Bertz CT molecular complexity index is 1880. The largest absolute Gasteiger partial charge is 0.463 e. The lowest BCUT2D eigenvalue weighted by Gasteiger charge is -2.24. The van der Waals surface area contributed by atoms with E-state index >= 15 is 0 Å². The van der Waals surface area contributed by atoms with Crippen LogP contribution in [-0.4, -0.2) is 28.5 Å². The number of rotatable bonds is 5. The van der Waals surface area contributed by atoms with Crippen LogP contribution in [0.1, 0.15) is 42.4 Å². The standard InChI is InChI=1S/C30H26FN3O5S/c1-5-37-29(36)26-17(3)32-30-34(27(26)19-6-11-23-24(13-19)39-15-38-23)28(35)25(40-30)14-20-12-16(2)33(18(20)4)22-9-7-21(31)8-10-22/h6-14,27H,5,15H2,1-4H3/b25-14+. The molecule has 1 unspecified atom stereocenters. The van der Waals surface area contributed by atoms with Gasteiger partial charge in [0.1, 0.15) is 5.82 Å². The summed E-state index contributed by atoms with van der Waals surface area (Å²) in [4.78, 5) is 32.3. The van der Waals surface area contributed by atoms with Crippen molar-refractivity contribution in [1.82, 2.24) is 9.13 Å². The number of carbonyl (C=O) groups is 1. The number of ether oxygens (including phenoxy) is 3. The SMILES string of the molecule is CCOC(=O)C1=C(C)N=c2s/c(=C/c3cc(C)n(-c4ccc(F)cc4)c3C)c(=O)n2C1c1ccc2c(c1)OCO2. The van der Waals surface area contributed by atoms with E-state index in [4.69, 9.17) is 14.2 Å². The van der Waals surface area contributed by atoms with Crippen LogP contribution in [0.25, 0.3) is 11.8 Å². The van der Waals surface area contributed by atoms with Crippen LogP contribution in [0, 0.1) is 19.7 Å². The number of fused-ring (bicyclic) bond motifs is 2. The second kappa shape index (κ2) is 9.95. The number of thiazole rings is 1. The first-order chi connectivity index (χ1) is 19.3. The number of esters is 1. The van der Waals surface area contributed by atoms with Gasteiger partial charge in [0.25, 0.3) is 5.56 Å². The number of nitrogens with zero attached hydrogens (tertiary/aromatic N) is 3. The fraction of sp³-hybridized carbons (Fsp3) is 0.233. The van der Waals surface area contributed by atoms with Crippen LogP contribution in [0.4, 0.5) is 4.39 Å². The molecule has 1 atom stereocenters. The number of hydrogen-bond acceptors (Lipinski definition) is 7. The van der Waals surface area contributed by atoms with Crippen molar-refractivity contribution in [3.05, 3.63) is 108 Å². The van der Waals surface area contributed by atoms with Gasteiger partial charge in [-0.2, -0.15) is 0 Å². The Hall–Kier alpha value is -4.44. The van der Waals surface area contributed by atoms with Gasteiger partial charge in [0.2, 0.25) is 6.79 Å². The zero-order chi connectivity index (χ0) is 28.1. The zero-order valence-electron chi connectivity index (χ0n) is 22.4. The highest BCUT2D eigenvalue weighted by Crippen LogP contribution is 2.38. The van der Waals surface area contributed by atoms with Gasteiger partial charge in [0, 0.05) is 17.1 Å². The molecule has 0 radical (unpaired) electrons. The van der Waals surface area contributed by atoms with Crippen LogP contribution in [0.2, 0.25) is 0 Å². The summed E-state index contributed by atoms with van der Waals surface area (Å²) in [6.45, 7) is 7.71. The molecule has 0 saturated heterocycles. The Morgan fingerprint density at radius 3 is 2.62 bits per heavy atom. The molecule has 0 fully saturated rings. The van der Waals surface area contributed by atoms with Crippen LogP contribution in [0.5, 0.6) is 11.5 Å². The minimum atomic E-state index is -0.751. The van der Waals surface area contributed by atoms with Crippen molar-refractivity contribution >= 4 is 23.4 Å². The maximum atomic E-state index is 14.0. The van der Waals surface area contributed by atoms with E-state index in [2.05, 4.69) is 4.99 Å². The third-order valence-corrected chi connectivity index (χ3v) is 8.05. The molecule has 0 amide bonds. The lowest BCUT2D eigenvalue weighted by atomic mass is 9.95. The third-order valence-electron chi connectivity index (χ3n) is 7.07. The van der Waals surface area contributed by atoms with Gasteiger partial charge in [-0.05, 0) is 87.4 Å². The third kappa shape index (κ3) is 4.24. The Labute approximate surface area is 232 Å². The van der Waals surface area contributed by atoms with E-state index < -0.39 is 12.0 Å². The van der Waals surface area contributed by atoms with Crippen molar-refractivity contribution in [2.75, 3.05) is 13.4 Å². The molecule has 8 nitrogen and oxygen atoms in total. The van der Waals surface area contributed by atoms with Crippen LogP contribution < -0.4 is 24.4 Å². The Balaban J connectivity index is 1.52. The van der Waals surface area contributed by atoms with Gasteiger partial charge >= 0.3 is 5.97 Å². The van der Waals surface area contributed by atoms with Crippen LogP contribution in [0.15, 0.2) is 69.6 Å². The molecule has 204 valence electrons. The van der Waals surface area contributed by atoms with Gasteiger partial charge < -0.3 is 18.8 Å². The molecule has 0 aliphatic carbocycles. The first-order valence-corrected chi connectivity index (χ1v) is 13.6. The fourth-order valence-electron chi connectivity index (χ4n) is 5.25. The average Bonchev–Trinajstić information content (AvgIpc) is 3.59. The molecule has 0 spiro atoms. The number of allylic oxidation sites excluding steroid dienone is 1. The molecule has 10 heteroatoms. The summed E-state index contributed by atoms with van der Waals surface area (Å²) < 4.78 is 34.0. The fourth-order valence-corrected chi connectivity index (χ4v) is 6.29. The Morgan fingerprint density at radius 2 is 1.88 bits per heavy atom. The van der Waals surface area contributed by atoms with Crippen LogP contribution in [-0.2, 0) is 9.53 Å². The molecule has 0 N–H and O–H groups in total. The predicted octanol–water partition coefficient (Wildman–Crippen LogP) is 4.07. The van der Waals surface area contributed by atoms with E-state index in [-0.39, 0.29) is 24.8 Å². The van der Waals surface area contributed by atoms with Crippen LogP contribution in [0.3, 0.4) is 0 Å². The maximum absolute atomic E-state index is 14.0. The van der Waals surface area contributed by atoms with Crippen molar-refractivity contribution in [2.24, 2.45) is 4.99 Å². The summed E-state index contributed by atoms with van der Waals surface area (Å²) in [5.41, 5.74) is 4.74. The summed E-state index contributed by atoms with van der Waals surface area (Å²) in [6.07, 6.45) is 1.84. The average molecular weight is 560 g/mol. The maximum Gasteiger partial charge on any atom is 0.338 e. The monoisotopic (exact) mass is 559 g/mol. The molecule has 2 aliphatic heterocycles. The first kappa shape index (κ1) is 25.8. The second-order valence-corrected chi connectivity index (χ2v) is 10.6. The lowest BCUT2D eigenvalue weighted by Crippen LogP contribution is -2.39.